The highest BCUT2D eigenvalue weighted by molar-refractivity contribution is 5.91. The third kappa shape index (κ3) is 4.02. The van der Waals surface area contributed by atoms with Crippen molar-refractivity contribution in [2.75, 3.05) is 26.2 Å². The molecule has 0 spiro atoms. The highest BCUT2D eigenvalue weighted by atomic mass is 16.3. The van der Waals surface area contributed by atoms with Crippen LogP contribution in [0.3, 0.4) is 0 Å². The molecule has 4 rings (SSSR count). The van der Waals surface area contributed by atoms with E-state index in [9.17, 15) is 4.79 Å². The first-order valence-electron chi connectivity index (χ1n) is 9.60. The molecule has 0 aliphatic carbocycles. The SMILES string of the molecule is O=C(NCCO)c1cn(C2CCCN(Cc3ccnc4ccccc34)C2)nn1. The minimum absolute atomic E-state index is 0.0961. The Labute approximate surface area is 163 Å². The van der Waals surface area contributed by atoms with E-state index in [4.69, 9.17) is 5.11 Å². The summed E-state index contributed by atoms with van der Waals surface area (Å²) >= 11 is 0. The van der Waals surface area contributed by atoms with Crippen molar-refractivity contribution in [1.29, 1.82) is 0 Å². The van der Waals surface area contributed by atoms with Crippen molar-refractivity contribution in [2.24, 2.45) is 0 Å². The zero-order valence-electron chi connectivity index (χ0n) is 15.7. The number of carbonyl (C=O) groups is 1. The molecule has 3 aromatic rings. The van der Waals surface area contributed by atoms with Gasteiger partial charge >= 0.3 is 0 Å². The van der Waals surface area contributed by atoms with E-state index < -0.39 is 0 Å². The maximum Gasteiger partial charge on any atom is 0.273 e. The van der Waals surface area contributed by atoms with Gasteiger partial charge in [-0.1, -0.05) is 23.4 Å². The van der Waals surface area contributed by atoms with Crippen molar-refractivity contribution in [1.82, 2.24) is 30.2 Å². The Morgan fingerprint density at radius 1 is 1.29 bits per heavy atom. The lowest BCUT2D eigenvalue weighted by Crippen LogP contribution is -2.36. The van der Waals surface area contributed by atoms with Gasteiger partial charge in [0.15, 0.2) is 5.69 Å². The number of para-hydroxylation sites is 1. The van der Waals surface area contributed by atoms with Gasteiger partial charge < -0.3 is 10.4 Å². The first-order chi connectivity index (χ1) is 13.7. The van der Waals surface area contributed by atoms with Crippen LogP contribution in [0.2, 0.25) is 0 Å². The van der Waals surface area contributed by atoms with Gasteiger partial charge in [-0.3, -0.25) is 14.7 Å². The lowest BCUT2D eigenvalue weighted by atomic mass is 10.0. The van der Waals surface area contributed by atoms with E-state index in [1.165, 1.54) is 10.9 Å². The number of carbonyl (C=O) groups excluding carboxylic acids is 1. The van der Waals surface area contributed by atoms with Gasteiger partial charge in [0.25, 0.3) is 5.91 Å². The topological polar surface area (TPSA) is 96.2 Å². The van der Waals surface area contributed by atoms with E-state index >= 15 is 0 Å². The maximum absolute atomic E-state index is 12.0. The molecule has 8 heteroatoms. The van der Waals surface area contributed by atoms with E-state index in [0.29, 0.717) is 0 Å². The second kappa shape index (κ2) is 8.45. The highest BCUT2D eigenvalue weighted by Gasteiger charge is 2.24. The molecule has 2 aromatic heterocycles. The number of fused-ring (bicyclic) bond motifs is 1. The number of benzene rings is 1. The molecule has 0 saturated carbocycles. The molecule has 0 radical (unpaired) electrons. The number of pyridine rings is 1. The van der Waals surface area contributed by atoms with Crippen molar-refractivity contribution >= 4 is 16.8 Å². The molecule has 3 heterocycles. The summed E-state index contributed by atoms with van der Waals surface area (Å²) in [6, 6.07) is 10.5. The molecule has 8 nitrogen and oxygen atoms in total. The fourth-order valence-electron chi connectivity index (χ4n) is 3.74. The average Bonchev–Trinajstić information content (AvgIpc) is 3.23. The van der Waals surface area contributed by atoms with Crippen molar-refractivity contribution in [2.45, 2.75) is 25.4 Å². The number of aromatic nitrogens is 4. The normalized spacial score (nSPS) is 17.7. The molecule has 1 aliphatic heterocycles. The van der Waals surface area contributed by atoms with Gasteiger partial charge in [0.2, 0.25) is 0 Å². The van der Waals surface area contributed by atoms with Crippen molar-refractivity contribution in [3.8, 4) is 0 Å². The number of aliphatic hydroxyl groups excluding tert-OH is 1. The van der Waals surface area contributed by atoms with Crippen molar-refractivity contribution in [3.63, 3.8) is 0 Å². The fraction of sp³-hybridized carbons (Fsp3) is 0.400. The van der Waals surface area contributed by atoms with Gasteiger partial charge in [0.1, 0.15) is 0 Å². The molecule has 1 fully saturated rings. The van der Waals surface area contributed by atoms with Gasteiger partial charge in [-0.15, -0.1) is 5.10 Å². The van der Waals surface area contributed by atoms with E-state index in [-0.39, 0.29) is 30.8 Å². The molecule has 1 amide bonds. The second-order valence-corrected chi connectivity index (χ2v) is 7.08. The highest BCUT2D eigenvalue weighted by Crippen LogP contribution is 2.24. The third-order valence-corrected chi connectivity index (χ3v) is 5.13. The van der Waals surface area contributed by atoms with E-state index in [1.807, 2.05) is 24.4 Å². The molecular formula is C20H24N6O2. The van der Waals surface area contributed by atoms with Gasteiger partial charge in [-0.2, -0.15) is 0 Å². The zero-order valence-corrected chi connectivity index (χ0v) is 15.7. The lowest BCUT2D eigenvalue weighted by Gasteiger charge is -2.32. The predicted octanol–water partition coefficient (Wildman–Crippen LogP) is 1.39. The van der Waals surface area contributed by atoms with E-state index in [0.717, 1.165) is 38.0 Å². The fourth-order valence-corrected chi connectivity index (χ4v) is 3.74. The number of rotatable bonds is 6. The first kappa shape index (κ1) is 18.5. The van der Waals surface area contributed by atoms with Crippen LogP contribution in [0.4, 0.5) is 0 Å². The lowest BCUT2D eigenvalue weighted by molar-refractivity contribution is 0.0939. The number of aliphatic hydroxyl groups is 1. The van der Waals surface area contributed by atoms with Crippen LogP contribution in [0.1, 0.15) is 34.9 Å². The minimum Gasteiger partial charge on any atom is -0.395 e. The van der Waals surface area contributed by atoms with Crippen LogP contribution in [0.25, 0.3) is 10.9 Å². The summed E-state index contributed by atoms with van der Waals surface area (Å²) in [5.74, 6) is -0.309. The van der Waals surface area contributed by atoms with Gasteiger partial charge in [0, 0.05) is 31.2 Å². The summed E-state index contributed by atoms with van der Waals surface area (Å²) in [7, 11) is 0. The zero-order chi connectivity index (χ0) is 19.3. The standard InChI is InChI=1S/C20H24N6O2/c27-11-9-22-20(28)19-14-26(24-23-19)16-4-3-10-25(13-16)12-15-7-8-21-18-6-2-1-5-17(15)18/h1-2,5-8,14,16,27H,3-4,9-13H2,(H,22,28). The number of hydrogen-bond acceptors (Lipinski definition) is 6. The summed E-state index contributed by atoms with van der Waals surface area (Å²) in [5.41, 5.74) is 2.57. The van der Waals surface area contributed by atoms with Gasteiger partial charge in [-0.05, 0) is 37.1 Å². The number of nitrogens with zero attached hydrogens (tertiary/aromatic N) is 5. The second-order valence-electron chi connectivity index (χ2n) is 7.08. The summed E-state index contributed by atoms with van der Waals surface area (Å²) in [5, 5.41) is 20.8. The van der Waals surface area contributed by atoms with Crippen molar-refractivity contribution in [3.05, 3.63) is 54.0 Å². The molecule has 1 saturated heterocycles. The smallest absolute Gasteiger partial charge is 0.273 e. The predicted molar refractivity (Wildman–Crippen MR) is 105 cm³/mol. The van der Waals surface area contributed by atoms with Crippen LogP contribution < -0.4 is 5.32 Å². The molecule has 1 aromatic carbocycles. The molecule has 1 atom stereocenters. The summed E-state index contributed by atoms with van der Waals surface area (Å²) in [6.07, 6.45) is 5.64. The Morgan fingerprint density at radius 3 is 3.07 bits per heavy atom. The Hall–Kier alpha value is -2.84. The third-order valence-electron chi connectivity index (χ3n) is 5.13. The Balaban J connectivity index is 1.45. The number of amides is 1. The summed E-state index contributed by atoms with van der Waals surface area (Å²) in [6.45, 7) is 2.87. The number of hydrogen-bond donors (Lipinski definition) is 2. The Bertz CT molecular complexity index is 951. The van der Waals surface area contributed by atoms with Crippen LogP contribution >= 0.6 is 0 Å². The van der Waals surface area contributed by atoms with Crippen LogP contribution in [-0.4, -0.2) is 62.1 Å². The molecule has 146 valence electrons. The van der Waals surface area contributed by atoms with Crippen LogP contribution in [0.5, 0.6) is 0 Å². The van der Waals surface area contributed by atoms with Crippen LogP contribution in [0, 0.1) is 0 Å². The van der Waals surface area contributed by atoms with Gasteiger partial charge in [0.05, 0.1) is 24.4 Å². The molecule has 0 bridgehead atoms. The molecule has 1 aliphatic rings. The molecular weight excluding hydrogens is 356 g/mol. The summed E-state index contributed by atoms with van der Waals surface area (Å²) < 4.78 is 1.80. The van der Waals surface area contributed by atoms with E-state index in [1.54, 1.807) is 10.9 Å². The summed E-state index contributed by atoms with van der Waals surface area (Å²) in [4.78, 5) is 18.8. The largest absolute Gasteiger partial charge is 0.395 e. The van der Waals surface area contributed by atoms with Crippen LogP contribution in [0.15, 0.2) is 42.7 Å². The number of likely N-dealkylation sites (tertiary alicyclic amines) is 1. The van der Waals surface area contributed by atoms with Gasteiger partial charge in [-0.25, -0.2) is 4.68 Å². The van der Waals surface area contributed by atoms with Crippen molar-refractivity contribution < 1.29 is 9.90 Å². The number of nitrogens with one attached hydrogen (secondary N) is 1. The quantitative estimate of drug-likeness (QED) is 0.671. The molecule has 28 heavy (non-hydrogen) atoms. The molecule has 2 N–H and O–H groups in total. The monoisotopic (exact) mass is 380 g/mol. The average molecular weight is 380 g/mol. The Kier molecular flexibility index (Phi) is 5.59. The Morgan fingerprint density at radius 2 is 2.18 bits per heavy atom. The van der Waals surface area contributed by atoms with Crippen LogP contribution in [-0.2, 0) is 6.54 Å². The molecule has 1 unspecified atom stereocenters. The van der Waals surface area contributed by atoms with E-state index in [2.05, 4.69) is 37.6 Å². The first-order valence-corrected chi connectivity index (χ1v) is 9.60. The number of piperidine rings is 1. The maximum atomic E-state index is 12.0. The minimum atomic E-state index is -0.309.